The van der Waals surface area contributed by atoms with Gasteiger partial charge >= 0.3 is 5.97 Å². The SMILES string of the molecule is COC(=O)c1c(C)oc(Nc2nnc(C)s2)c1C#N. The van der Waals surface area contributed by atoms with E-state index in [4.69, 9.17) is 9.68 Å². The van der Waals surface area contributed by atoms with E-state index in [0.717, 1.165) is 5.01 Å². The van der Waals surface area contributed by atoms with Crippen molar-refractivity contribution >= 4 is 28.3 Å². The highest BCUT2D eigenvalue weighted by Crippen LogP contribution is 2.30. The van der Waals surface area contributed by atoms with Gasteiger partial charge in [0.05, 0.1) is 7.11 Å². The topological polar surface area (TPSA) is 101 Å². The van der Waals surface area contributed by atoms with Gasteiger partial charge in [-0.2, -0.15) is 5.26 Å². The van der Waals surface area contributed by atoms with Gasteiger partial charge in [0.25, 0.3) is 0 Å². The molecule has 98 valence electrons. The number of rotatable bonds is 3. The average Bonchev–Trinajstić information content (AvgIpc) is 2.92. The highest BCUT2D eigenvalue weighted by atomic mass is 32.1. The zero-order valence-corrected chi connectivity index (χ0v) is 11.3. The summed E-state index contributed by atoms with van der Waals surface area (Å²) in [4.78, 5) is 11.6. The summed E-state index contributed by atoms with van der Waals surface area (Å²) in [6.07, 6.45) is 0. The molecule has 0 saturated heterocycles. The number of anilines is 2. The molecule has 2 heterocycles. The van der Waals surface area contributed by atoms with Crippen LogP contribution in [0.1, 0.15) is 26.7 Å². The second kappa shape index (κ2) is 5.07. The van der Waals surface area contributed by atoms with Crippen LogP contribution in [-0.2, 0) is 4.74 Å². The third kappa shape index (κ3) is 2.41. The lowest BCUT2D eigenvalue weighted by Crippen LogP contribution is -2.04. The van der Waals surface area contributed by atoms with E-state index < -0.39 is 5.97 Å². The second-order valence-corrected chi connectivity index (χ2v) is 4.77. The van der Waals surface area contributed by atoms with Gasteiger partial charge in [0.1, 0.15) is 28.0 Å². The fourth-order valence-corrected chi connectivity index (χ4v) is 2.12. The minimum atomic E-state index is -0.612. The number of aromatic nitrogens is 2. The van der Waals surface area contributed by atoms with Crippen LogP contribution in [0.5, 0.6) is 0 Å². The van der Waals surface area contributed by atoms with Gasteiger partial charge in [-0.15, -0.1) is 10.2 Å². The molecule has 0 atom stereocenters. The van der Waals surface area contributed by atoms with Gasteiger partial charge in [-0.1, -0.05) is 11.3 Å². The molecule has 0 radical (unpaired) electrons. The molecule has 0 fully saturated rings. The Morgan fingerprint density at radius 1 is 1.47 bits per heavy atom. The molecule has 1 N–H and O–H groups in total. The van der Waals surface area contributed by atoms with Crippen LogP contribution in [0.3, 0.4) is 0 Å². The Morgan fingerprint density at radius 2 is 2.21 bits per heavy atom. The summed E-state index contributed by atoms with van der Waals surface area (Å²) >= 11 is 1.31. The van der Waals surface area contributed by atoms with E-state index in [-0.39, 0.29) is 17.0 Å². The third-order valence-electron chi connectivity index (χ3n) is 2.33. The molecule has 8 heteroatoms. The minimum absolute atomic E-state index is 0.0946. The molecule has 0 aliphatic carbocycles. The first-order valence-electron chi connectivity index (χ1n) is 5.25. The van der Waals surface area contributed by atoms with Gasteiger partial charge in [-0.05, 0) is 13.8 Å². The van der Waals surface area contributed by atoms with Crippen LogP contribution in [0.25, 0.3) is 0 Å². The number of methoxy groups -OCH3 is 1. The molecule has 2 aromatic heterocycles. The van der Waals surface area contributed by atoms with Gasteiger partial charge in [-0.25, -0.2) is 4.79 Å². The summed E-state index contributed by atoms with van der Waals surface area (Å²) in [7, 11) is 1.25. The zero-order valence-electron chi connectivity index (χ0n) is 10.5. The first-order chi connectivity index (χ1) is 9.06. The zero-order chi connectivity index (χ0) is 14.0. The number of nitrogens with one attached hydrogen (secondary N) is 1. The lowest BCUT2D eigenvalue weighted by atomic mass is 10.1. The number of aryl methyl sites for hydroxylation is 2. The van der Waals surface area contributed by atoms with Crippen LogP contribution in [-0.4, -0.2) is 23.3 Å². The number of nitrogens with zero attached hydrogens (tertiary/aromatic N) is 3. The Labute approximate surface area is 112 Å². The van der Waals surface area contributed by atoms with E-state index in [2.05, 4.69) is 20.3 Å². The monoisotopic (exact) mass is 278 g/mol. The smallest absolute Gasteiger partial charge is 0.342 e. The lowest BCUT2D eigenvalue weighted by molar-refractivity contribution is 0.0598. The first-order valence-corrected chi connectivity index (χ1v) is 6.07. The first kappa shape index (κ1) is 13.0. The lowest BCUT2D eigenvalue weighted by Gasteiger charge is -1.97. The van der Waals surface area contributed by atoms with Crippen molar-refractivity contribution in [2.24, 2.45) is 0 Å². The Hall–Kier alpha value is -2.40. The molecular weight excluding hydrogens is 268 g/mol. The molecule has 0 spiro atoms. The molecule has 0 amide bonds. The van der Waals surface area contributed by atoms with Crippen molar-refractivity contribution in [3.63, 3.8) is 0 Å². The molecular formula is C11H10N4O3S. The Kier molecular flexibility index (Phi) is 3.48. The molecule has 19 heavy (non-hydrogen) atoms. The van der Waals surface area contributed by atoms with Crippen molar-refractivity contribution in [1.29, 1.82) is 5.26 Å². The molecule has 2 rings (SSSR count). The number of esters is 1. The molecule has 0 unspecified atom stereocenters. The highest BCUT2D eigenvalue weighted by molar-refractivity contribution is 7.15. The largest absolute Gasteiger partial charge is 0.465 e. The molecule has 0 saturated carbocycles. The molecule has 2 aromatic rings. The van der Waals surface area contributed by atoms with Gasteiger partial charge in [-0.3, -0.25) is 5.32 Å². The van der Waals surface area contributed by atoms with Crippen LogP contribution in [0.2, 0.25) is 0 Å². The fourth-order valence-electron chi connectivity index (χ4n) is 1.53. The highest BCUT2D eigenvalue weighted by Gasteiger charge is 2.24. The number of ether oxygens (including phenoxy) is 1. The van der Waals surface area contributed by atoms with Crippen LogP contribution < -0.4 is 5.32 Å². The maximum Gasteiger partial charge on any atom is 0.342 e. The molecule has 7 nitrogen and oxygen atoms in total. The normalized spacial score (nSPS) is 10.0. The van der Waals surface area contributed by atoms with Crippen molar-refractivity contribution in [2.45, 2.75) is 13.8 Å². The number of hydrogen-bond acceptors (Lipinski definition) is 8. The summed E-state index contributed by atoms with van der Waals surface area (Å²) < 4.78 is 10.0. The number of furan rings is 1. The number of carbonyl (C=O) groups excluding carboxylic acids is 1. The molecule has 0 aliphatic rings. The standard InChI is InChI=1S/C11H10N4O3S/c1-5-8(10(16)17-3)7(4-12)9(18-5)13-11-15-14-6(2)19-11/h1-3H3,(H,13,15). The van der Waals surface area contributed by atoms with Gasteiger partial charge in [0, 0.05) is 0 Å². The maximum absolute atomic E-state index is 11.6. The van der Waals surface area contributed by atoms with E-state index in [1.54, 1.807) is 13.8 Å². The average molecular weight is 278 g/mol. The van der Waals surface area contributed by atoms with Crippen molar-refractivity contribution < 1.29 is 13.9 Å². The number of hydrogen-bond donors (Lipinski definition) is 1. The van der Waals surface area contributed by atoms with E-state index in [1.807, 2.05) is 6.07 Å². The summed E-state index contributed by atoms with van der Waals surface area (Å²) in [6.45, 7) is 3.39. The van der Waals surface area contributed by atoms with E-state index in [9.17, 15) is 4.79 Å². The molecule has 0 aliphatic heterocycles. The van der Waals surface area contributed by atoms with Gasteiger partial charge in [0.15, 0.2) is 0 Å². The van der Waals surface area contributed by atoms with E-state index in [0.29, 0.717) is 10.9 Å². The van der Waals surface area contributed by atoms with Crippen LogP contribution >= 0.6 is 11.3 Å². The summed E-state index contributed by atoms with van der Waals surface area (Å²) in [5, 5.41) is 20.9. The van der Waals surface area contributed by atoms with Crippen molar-refractivity contribution in [2.75, 3.05) is 12.4 Å². The molecule has 0 aromatic carbocycles. The molecule has 0 bridgehead atoms. The quantitative estimate of drug-likeness (QED) is 0.858. The summed E-state index contributed by atoms with van der Waals surface area (Å²) in [5.41, 5.74) is 0.214. The Morgan fingerprint density at radius 3 is 2.74 bits per heavy atom. The maximum atomic E-state index is 11.6. The summed E-state index contributed by atoms with van der Waals surface area (Å²) in [5.74, 6) is -0.136. The number of nitriles is 1. The van der Waals surface area contributed by atoms with Gasteiger partial charge in [0.2, 0.25) is 11.0 Å². The van der Waals surface area contributed by atoms with Crippen molar-refractivity contribution in [3.05, 3.63) is 21.9 Å². The fraction of sp³-hybridized carbons (Fsp3) is 0.273. The minimum Gasteiger partial charge on any atom is -0.465 e. The number of carbonyl (C=O) groups is 1. The third-order valence-corrected chi connectivity index (χ3v) is 3.09. The Balaban J connectivity index is 2.42. The second-order valence-electron chi connectivity index (χ2n) is 3.59. The van der Waals surface area contributed by atoms with Crippen LogP contribution in [0.15, 0.2) is 4.42 Å². The van der Waals surface area contributed by atoms with Crippen LogP contribution in [0.4, 0.5) is 11.0 Å². The van der Waals surface area contributed by atoms with Crippen LogP contribution in [0, 0.1) is 25.2 Å². The van der Waals surface area contributed by atoms with E-state index in [1.165, 1.54) is 18.4 Å². The van der Waals surface area contributed by atoms with E-state index >= 15 is 0 Å². The van der Waals surface area contributed by atoms with Gasteiger partial charge < -0.3 is 9.15 Å². The summed E-state index contributed by atoms with van der Waals surface area (Å²) in [6, 6.07) is 1.93. The van der Waals surface area contributed by atoms with Crippen molar-refractivity contribution in [1.82, 2.24) is 10.2 Å². The predicted molar refractivity (Wildman–Crippen MR) is 67.4 cm³/mol. The Bertz CT molecular complexity index is 668. The van der Waals surface area contributed by atoms with Crippen molar-refractivity contribution in [3.8, 4) is 6.07 Å². The predicted octanol–water partition coefficient (Wildman–Crippen LogP) is 2.15.